The van der Waals surface area contributed by atoms with E-state index >= 15 is 0 Å². The molecule has 2 nitrogen and oxygen atoms in total. The van der Waals surface area contributed by atoms with Crippen LogP contribution in [0.25, 0.3) is 0 Å². The van der Waals surface area contributed by atoms with Gasteiger partial charge in [-0.3, -0.25) is 0 Å². The van der Waals surface area contributed by atoms with Crippen molar-refractivity contribution < 1.29 is 9.96 Å². The minimum atomic E-state index is 0. The molecule has 0 saturated carbocycles. The van der Waals surface area contributed by atoms with E-state index in [1.54, 1.807) is 0 Å². The Morgan fingerprint density at radius 1 is 1.00 bits per heavy atom. The number of quaternary nitrogens is 1. The van der Waals surface area contributed by atoms with Gasteiger partial charge in [-0.15, -0.1) is 0 Å². The van der Waals surface area contributed by atoms with Gasteiger partial charge in [0.05, 0.1) is 25.7 Å². The first-order valence-electron chi connectivity index (χ1n) is 4.30. The third-order valence-electron chi connectivity index (χ3n) is 3.04. The average molecular weight is 161 g/mol. The molecular formula is C9H23NO. The molecule has 0 aliphatic carbocycles. The standard InChI is InChI=1S/C9H22N.H2O/c1-7-10(6,8(2)3)9(4)5;/h8-9H,7H2,1-6H3;1H2/q+1;/p-1. The van der Waals surface area contributed by atoms with Gasteiger partial charge in [-0.2, -0.15) is 0 Å². The highest BCUT2D eigenvalue weighted by Crippen LogP contribution is 2.14. The second kappa shape index (κ2) is 4.73. The summed E-state index contributed by atoms with van der Waals surface area (Å²) in [5.41, 5.74) is 0. The smallest absolute Gasteiger partial charge is 0.0833 e. The number of nitrogens with zero attached hydrogens (tertiary/aromatic N) is 1. The monoisotopic (exact) mass is 161 g/mol. The molecule has 0 aromatic carbocycles. The van der Waals surface area contributed by atoms with E-state index in [1.165, 1.54) is 11.0 Å². The van der Waals surface area contributed by atoms with Crippen molar-refractivity contribution >= 4 is 0 Å². The Labute approximate surface area is 71.1 Å². The van der Waals surface area contributed by atoms with Crippen molar-refractivity contribution in [2.75, 3.05) is 13.6 Å². The molecule has 0 heterocycles. The molecule has 0 radical (unpaired) electrons. The van der Waals surface area contributed by atoms with Crippen LogP contribution in [-0.2, 0) is 0 Å². The highest BCUT2D eigenvalue weighted by molar-refractivity contribution is 4.47. The predicted octanol–water partition coefficient (Wildman–Crippen LogP) is 2.09. The van der Waals surface area contributed by atoms with Gasteiger partial charge in [0.15, 0.2) is 0 Å². The molecule has 11 heavy (non-hydrogen) atoms. The summed E-state index contributed by atoms with van der Waals surface area (Å²) in [6, 6.07) is 1.48. The molecule has 0 aliphatic rings. The molecule has 2 heteroatoms. The number of hydrogen-bond acceptors (Lipinski definition) is 1. The van der Waals surface area contributed by atoms with E-state index in [0.717, 1.165) is 12.1 Å². The molecule has 0 bridgehead atoms. The Kier molecular flexibility index (Phi) is 5.81. The van der Waals surface area contributed by atoms with Crippen molar-refractivity contribution in [3.8, 4) is 0 Å². The number of rotatable bonds is 3. The summed E-state index contributed by atoms with van der Waals surface area (Å²) in [6.45, 7) is 12.7. The molecule has 0 spiro atoms. The lowest BCUT2D eigenvalue weighted by Crippen LogP contribution is -2.54. The van der Waals surface area contributed by atoms with E-state index in [-0.39, 0.29) is 5.48 Å². The first-order chi connectivity index (χ1) is 4.45. The zero-order valence-electron chi connectivity index (χ0n) is 8.76. The lowest BCUT2D eigenvalue weighted by atomic mass is 10.2. The molecule has 0 unspecified atom stereocenters. The lowest BCUT2D eigenvalue weighted by Gasteiger charge is -2.41. The largest absolute Gasteiger partial charge is 0.870 e. The van der Waals surface area contributed by atoms with Gasteiger partial charge in [0.25, 0.3) is 0 Å². The summed E-state index contributed by atoms with van der Waals surface area (Å²) in [5, 5.41) is 0. The van der Waals surface area contributed by atoms with Crippen LogP contribution in [0.5, 0.6) is 0 Å². The van der Waals surface area contributed by atoms with Crippen molar-refractivity contribution in [1.29, 1.82) is 0 Å². The van der Waals surface area contributed by atoms with E-state index in [4.69, 9.17) is 0 Å². The van der Waals surface area contributed by atoms with Crippen molar-refractivity contribution in [1.82, 2.24) is 0 Å². The first-order valence-corrected chi connectivity index (χ1v) is 4.30. The van der Waals surface area contributed by atoms with Crippen molar-refractivity contribution in [3.63, 3.8) is 0 Å². The maximum Gasteiger partial charge on any atom is 0.0833 e. The summed E-state index contributed by atoms with van der Waals surface area (Å²) >= 11 is 0. The van der Waals surface area contributed by atoms with Crippen LogP contribution in [0, 0.1) is 0 Å². The van der Waals surface area contributed by atoms with Crippen LogP contribution in [0.3, 0.4) is 0 Å². The van der Waals surface area contributed by atoms with Crippen molar-refractivity contribution in [3.05, 3.63) is 0 Å². The Morgan fingerprint density at radius 2 is 1.27 bits per heavy atom. The molecule has 0 aromatic rings. The van der Waals surface area contributed by atoms with Gasteiger partial charge in [0.1, 0.15) is 0 Å². The van der Waals surface area contributed by atoms with Crippen molar-refractivity contribution in [2.45, 2.75) is 46.7 Å². The molecule has 0 amide bonds. The van der Waals surface area contributed by atoms with Crippen LogP contribution in [0.1, 0.15) is 34.6 Å². The second-order valence-corrected chi connectivity index (χ2v) is 3.85. The van der Waals surface area contributed by atoms with Crippen LogP contribution in [0.15, 0.2) is 0 Å². The SMILES string of the molecule is CC[N+](C)(C(C)C)C(C)C.[OH-]. The first kappa shape index (κ1) is 13.5. The van der Waals surface area contributed by atoms with Gasteiger partial charge in [0.2, 0.25) is 0 Å². The molecular weight excluding hydrogens is 138 g/mol. The fourth-order valence-corrected chi connectivity index (χ4v) is 1.33. The quantitative estimate of drug-likeness (QED) is 0.583. The summed E-state index contributed by atoms with van der Waals surface area (Å²) in [7, 11) is 2.33. The van der Waals surface area contributed by atoms with Crippen LogP contribution >= 0.6 is 0 Å². The molecule has 70 valence electrons. The van der Waals surface area contributed by atoms with Gasteiger partial charge in [-0.05, 0) is 34.6 Å². The molecule has 0 atom stereocenters. The van der Waals surface area contributed by atoms with E-state index in [2.05, 4.69) is 41.7 Å². The molecule has 0 fully saturated rings. The maximum atomic E-state index is 2.33. The zero-order chi connectivity index (χ0) is 8.36. The molecule has 1 N–H and O–H groups in total. The van der Waals surface area contributed by atoms with Crippen LogP contribution in [-0.4, -0.2) is 35.6 Å². The fraction of sp³-hybridized carbons (Fsp3) is 1.00. The van der Waals surface area contributed by atoms with Gasteiger partial charge < -0.3 is 9.96 Å². The lowest BCUT2D eigenvalue weighted by molar-refractivity contribution is -0.947. The summed E-state index contributed by atoms with van der Waals surface area (Å²) < 4.78 is 1.18. The average Bonchev–Trinajstić information content (AvgIpc) is 1.85. The molecule has 0 aliphatic heterocycles. The van der Waals surface area contributed by atoms with Gasteiger partial charge in [0, 0.05) is 0 Å². The Bertz CT molecular complexity index is 91.7. The highest BCUT2D eigenvalue weighted by Gasteiger charge is 2.26. The molecule has 0 saturated heterocycles. The minimum Gasteiger partial charge on any atom is -0.870 e. The predicted molar refractivity (Wildman–Crippen MR) is 48.9 cm³/mol. The third-order valence-corrected chi connectivity index (χ3v) is 3.04. The third kappa shape index (κ3) is 2.80. The normalized spacial score (nSPS) is 12.0. The zero-order valence-corrected chi connectivity index (χ0v) is 8.76. The van der Waals surface area contributed by atoms with Crippen LogP contribution in [0.2, 0.25) is 0 Å². The Balaban J connectivity index is 0. The summed E-state index contributed by atoms with van der Waals surface area (Å²) in [6.07, 6.45) is 0. The van der Waals surface area contributed by atoms with Gasteiger partial charge in [-0.1, -0.05) is 0 Å². The van der Waals surface area contributed by atoms with Crippen LogP contribution in [0.4, 0.5) is 0 Å². The highest BCUT2D eigenvalue weighted by atomic mass is 16.0. The topological polar surface area (TPSA) is 30.0 Å². The van der Waals surface area contributed by atoms with E-state index < -0.39 is 0 Å². The molecule has 0 rings (SSSR count). The van der Waals surface area contributed by atoms with Crippen molar-refractivity contribution in [2.24, 2.45) is 0 Å². The van der Waals surface area contributed by atoms with E-state index in [1.807, 2.05) is 0 Å². The molecule has 0 aromatic heterocycles. The fourth-order valence-electron chi connectivity index (χ4n) is 1.33. The second-order valence-electron chi connectivity index (χ2n) is 3.85. The number of hydrogen-bond donors (Lipinski definition) is 0. The van der Waals surface area contributed by atoms with E-state index in [9.17, 15) is 0 Å². The Morgan fingerprint density at radius 3 is 1.27 bits per heavy atom. The summed E-state index contributed by atoms with van der Waals surface area (Å²) in [5.74, 6) is 0. The van der Waals surface area contributed by atoms with E-state index in [0.29, 0.717) is 0 Å². The van der Waals surface area contributed by atoms with Crippen LogP contribution < -0.4 is 0 Å². The minimum absolute atomic E-state index is 0. The maximum absolute atomic E-state index is 2.33. The van der Waals surface area contributed by atoms with Gasteiger partial charge >= 0.3 is 0 Å². The Hall–Kier alpha value is -0.0800. The van der Waals surface area contributed by atoms with Gasteiger partial charge in [-0.25, -0.2) is 0 Å². The summed E-state index contributed by atoms with van der Waals surface area (Å²) in [4.78, 5) is 0.